The zero-order chi connectivity index (χ0) is 13.8. The minimum absolute atomic E-state index is 0.540. The van der Waals surface area contributed by atoms with Gasteiger partial charge in [-0.15, -0.1) is 0 Å². The molecule has 1 fully saturated rings. The highest BCUT2D eigenvalue weighted by molar-refractivity contribution is 7.07. The van der Waals surface area contributed by atoms with Crippen LogP contribution in [-0.2, 0) is 6.54 Å². The molecule has 1 aliphatic rings. The average Bonchev–Trinajstić information content (AvgIpc) is 3.03. The van der Waals surface area contributed by atoms with Crippen LogP contribution < -0.4 is 0 Å². The molecule has 0 radical (unpaired) electrons. The number of piperazine rings is 1. The van der Waals surface area contributed by atoms with Gasteiger partial charge < -0.3 is 0 Å². The first-order chi connectivity index (χ1) is 9.83. The monoisotopic (exact) mass is 287 g/mol. The van der Waals surface area contributed by atoms with E-state index in [4.69, 9.17) is 0 Å². The third-order valence-electron chi connectivity index (χ3n) is 4.09. The molecule has 0 aliphatic carbocycles. The highest BCUT2D eigenvalue weighted by atomic mass is 32.1. The van der Waals surface area contributed by atoms with Gasteiger partial charge in [-0.2, -0.15) is 11.3 Å². The van der Waals surface area contributed by atoms with Crippen LogP contribution in [0.5, 0.6) is 0 Å². The lowest BCUT2D eigenvalue weighted by Gasteiger charge is -2.37. The van der Waals surface area contributed by atoms with Crippen LogP contribution in [0.3, 0.4) is 0 Å². The maximum atomic E-state index is 4.41. The molecular formula is C16H21N3S. The van der Waals surface area contributed by atoms with E-state index in [1.165, 1.54) is 11.3 Å². The normalized spacial score (nSPS) is 19.1. The highest BCUT2D eigenvalue weighted by Gasteiger charge is 2.22. The van der Waals surface area contributed by atoms with E-state index in [0.717, 1.165) is 32.7 Å². The Kier molecular flexibility index (Phi) is 4.45. The zero-order valence-electron chi connectivity index (χ0n) is 11.9. The fourth-order valence-electron chi connectivity index (χ4n) is 2.75. The summed E-state index contributed by atoms with van der Waals surface area (Å²) in [5.74, 6) is 0. The van der Waals surface area contributed by atoms with Gasteiger partial charge in [-0.1, -0.05) is 6.07 Å². The number of rotatable bonds is 4. The van der Waals surface area contributed by atoms with Crippen molar-refractivity contribution in [3.05, 3.63) is 52.5 Å². The molecule has 3 nitrogen and oxygen atoms in total. The summed E-state index contributed by atoms with van der Waals surface area (Å²) in [6, 6.07) is 8.94. The third-order valence-corrected chi connectivity index (χ3v) is 4.79. The van der Waals surface area contributed by atoms with Crippen LogP contribution in [0.1, 0.15) is 24.2 Å². The second kappa shape index (κ2) is 6.48. The quantitative estimate of drug-likeness (QED) is 0.861. The number of hydrogen-bond donors (Lipinski definition) is 0. The fraction of sp³-hybridized carbons (Fsp3) is 0.438. The van der Waals surface area contributed by atoms with Crippen LogP contribution in [-0.4, -0.2) is 41.0 Å². The molecule has 0 aromatic carbocycles. The molecule has 1 atom stereocenters. The molecule has 1 aliphatic heterocycles. The molecular weight excluding hydrogens is 266 g/mol. The van der Waals surface area contributed by atoms with Crippen LogP contribution in [0.4, 0.5) is 0 Å². The van der Waals surface area contributed by atoms with Crippen molar-refractivity contribution in [1.29, 1.82) is 0 Å². The Morgan fingerprint density at radius 3 is 2.70 bits per heavy atom. The van der Waals surface area contributed by atoms with Gasteiger partial charge in [0.1, 0.15) is 0 Å². The summed E-state index contributed by atoms with van der Waals surface area (Å²) in [5, 5.41) is 4.44. The Hall–Kier alpha value is -1.23. The summed E-state index contributed by atoms with van der Waals surface area (Å²) in [7, 11) is 0. The van der Waals surface area contributed by atoms with Crippen molar-refractivity contribution in [3.8, 4) is 0 Å². The largest absolute Gasteiger partial charge is 0.295 e. The van der Waals surface area contributed by atoms with Crippen molar-refractivity contribution >= 4 is 11.3 Å². The van der Waals surface area contributed by atoms with E-state index in [0.29, 0.717) is 6.04 Å². The number of nitrogens with zero attached hydrogens (tertiary/aromatic N) is 3. The van der Waals surface area contributed by atoms with E-state index in [2.05, 4.69) is 50.7 Å². The molecule has 20 heavy (non-hydrogen) atoms. The molecule has 3 rings (SSSR count). The van der Waals surface area contributed by atoms with Gasteiger partial charge in [0.25, 0.3) is 0 Å². The minimum atomic E-state index is 0.540. The second-order valence-electron chi connectivity index (χ2n) is 5.37. The Morgan fingerprint density at radius 2 is 2.05 bits per heavy atom. The maximum Gasteiger partial charge on any atom is 0.0543 e. The van der Waals surface area contributed by atoms with Gasteiger partial charge in [-0.3, -0.25) is 14.8 Å². The summed E-state index contributed by atoms with van der Waals surface area (Å²) in [6.07, 6.45) is 1.88. The van der Waals surface area contributed by atoms with Crippen molar-refractivity contribution < 1.29 is 0 Å². The first-order valence-corrected chi connectivity index (χ1v) is 8.15. The minimum Gasteiger partial charge on any atom is -0.295 e. The molecule has 0 spiro atoms. The van der Waals surface area contributed by atoms with Crippen LogP contribution in [0.2, 0.25) is 0 Å². The first-order valence-electron chi connectivity index (χ1n) is 7.21. The summed E-state index contributed by atoms with van der Waals surface area (Å²) in [4.78, 5) is 9.49. The summed E-state index contributed by atoms with van der Waals surface area (Å²) in [6.45, 7) is 7.84. The van der Waals surface area contributed by atoms with Gasteiger partial charge in [-0.05, 0) is 41.4 Å². The Balaban J connectivity index is 1.52. The molecule has 0 bridgehead atoms. The van der Waals surface area contributed by atoms with Crippen molar-refractivity contribution in [3.63, 3.8) is 0 Å². The predicted molar refractivity (Wildman–Crippen MR) is 83.8 cm³/mol. The molecule has 2 aromatic rings. The van der Waals surface area contributed by atoms with Crippen molar-refractivity contribution in [2.75, 3.05) is 26.2 Å². The number of pyridine rings is 1. The van der Waals surface area contributed by atoms with Crippen molar-refractivity contribution in [2.45, 2.75) is 19.5 Å². The lowest BCUT2D eigenvalue weighted by molar-refractivity contribution is 0.0972. The molecule has 0 amide bonds. The molecule has 0 saturated carbocycles. The summed E-state index contributed by atoms with van der Waals surface area (Å²) >= 11 is 1.79. The SMILES string of the molecule is C[C@H](c1ccsc1)N1CCN(Cc2ccccn2)CC1. The lowest BCUT2D eigenvalue weighted by Crippen LogP contribution is -2.46. The number of hydrogen-bond acceptors (Lipinski definition) is 4. The van der Waals surface area contributed by atoms with E-state index >= 15 is 0 Å². The molecule has 3 heterocycles. The van der Waals surface area contributed by atoms with E-state index < -0.39 is 0 Å². The Labute approximate surface area is 124 Å². The van der Waals surface area contributed by atoms with E-state index in [1.807, 2.05) is 12.3 Å². The van der Waals surface area contributed by atoms with Gasteiger partial charge in [0.15, 0.2) is 0 Å². The van der Waals surface area contributed by atoms with Gasteiger partial charge in [0.2, 0.25) is 0 Å². The van der Waals surface area contributed by atoms with E-state index in [1.54, 1.807) is 11.3 Å². The summed E-state index contributed by atoms with van der Waals surface area (Å²) < 4.78 is 0. The highest BCUT2D eigenvalue weighted by Crippen LogP contribution is 2.23. The van der Waals surface area contributed by atoms with Gasteiger partial charge in [0.05, 0.1) is 5.69 Å². The molecule has 0 N–H and O–H groups in total. The van der Waals surface area contributed by atoms with Gasteiger partial charge >= 0.3 is 0 Å². The molecule has 0 unspecified atom stereocenters. The predicted octanol–water partition coefficient (Wildman–Crippen LogP) is 3.02. The lowest BCUT2D eigenvalue weighted by atomic mass is 10.1. The molecule has 106 valence electrons. The molecule has 2 aromatic heterocycles. The number of thiophene rings is 1. The van der Waals surface area contributed by atoms with Crippen LogP contribution in [0, 0.1) is 0 Å². The van der Waals surface area contributed by atoms with Gasteiger partial charge in [0, 0.05) is 45.0 Å². The van der Waals surface area contributed by atoms with Crippen molar-refractivity contribution in [1.82, 2.24) is 14.8 Å². The smallest absolute Gasteiger partial charge is 0.0543 e. The molecule has 4 heteroatoms. The van der Waals surface area contributed by atoms with Crippen LogP contribution in [0.15, 0.2) is 41.2 Å². The molecule has 1 saturated heterocycles. The van der Waals surface area contributed by atoms with Crippen LogP contribution >= 0.6 is 11.3 Å². The Bertz CT molecular complexity index is 504. The topological polar surface area (TPSA) is 19.4 Å². The third kappa shape index (κ3) is 3.26. The average molecular weight is 287 g/mol. The number of aromatic nitrogens is 1. The fourth-order valence-corrected chi connectivity index (χ4v) is 3.50. The van der Waals surface area contributed by atoms with Crippen molar-refractivity contribution in [2.24, 2.45) is 0 Å². The van der Waals surface area contributed by atoms with Gasteiger partial charge in [-0.25, -0.2) is 0 Å². The van der Waals surface area contributed by atoms with E-state index in [9.17, 15) is 0 Å². The Morgan fingerprint density at radius 1 is 1.20 bits per heavy atom. The standard InChI is InChI=1S/C16H21N3S/c1-14(15-5-11-20-13-15)19-9-7-18(8-10-19)12-16-4-2-3-6-17-16/h2-6,11,13-14H,7-10,12H2,1H3/t14-/m1/s1. The summed E-state index contributed by atoms with van der Waals surface area (Å²) in [5.41, 5.74) is 2.63. The maximum absolute atomic E-state index is 4.41. The van der Waals surface area contributed by atoms with Crippen LogP contribution in [0.25, 0.3) is 0 Å². The first kappa shape index (κ1) is 13.7. The zero-order valence-corrected chi connectivity index (χ0v) is 12.7. The van der Waals surface area contributed by atoms with E-state index in [-0.39, 0.29) is 0 Å². The second-order valence-corrected chi connectivity index (χ2v) is 6.15.